The molecule has 0 spiro atoms. The third kappa shape index (κ3) is 2.40. The normalized spacial score (nSPS) is 15.1. The van der Waals surface area contributed by atoms with E-state index in [9.17, 15) is 4.57 Å². The van der Waals surface area contributed by atoms with Gasteiger partial charge in [0, 0.05) is 18.9 Å². The molecule has 1 heterocycles. The number of rotatable bonds is 2. The third-order valence-electron chi connectivity index (χ3n) is 3.43. The van der Waals surface area contributed by atoms with Gasteiger partial charge in [-0.25, -0.2) is 0 Å². The Bertz CT molecular complexity index is 540. The van der Waals surface area contributed by atoms with Gasteiger partial charge in [-0.05, 0) is 48.2 Å². The summed E-state index contributed by atoms with van der Waals surface area (Å²) in [4.78, 5) is 2.14. The smallest absolute Gasteiger partial charge is 0.110 e. The molecule has 1 aromatic rings. The Morgan fingerprint density at radius 3 is 2.50 bits per heavy atom. The molecule has 1 aromatic carbocycles. The van der Waals surface area contributed by atoms with Gasteiger partial charge in [-0.2, -0.15) is 0 Å². The molecule has 2 rings (SSSR count). The standard InChI is InChI=1S/C15H22NOP/c1-11(2)13-7-6-12-8-9-16(3)10-14(12)15(13)18(4,5)17/h6-9,11H,10H2,1-5H3. The molecule has 1 aliphatic heterocycles. The second-order valence-electron chi connectivity index (χ2n) is 5.81. The number of fused-ring (bicyclic) bond motifs is 1. The average molecular weight is 263 g/mol. The first-order valence-electron chi connectivity index (χ1n) is 6.40. The monoisotopic (exact) mass is 263 g/mol. The van der Waals surface area contributed by atoms with Crippen LogP contribution in [0, 0.1) is 0 Å². The van der Waals surface area contributed by atoms with E-state index < -0.39 is 7.14 Å². The molecular formula is C15H22NOP. The molecule has 0 saturated carbocycles. The van der Waals surface area contributed by atoms with E-state index in [0.717, 1.165) is 11.8 Å². The van der Waals surface area contributed by atoms with E-state index >= 15 is 0 Å². The molecule has 0 aromatic heterocycles. The second-order valence-corrected chi connectivity index (χ2v) is 8.96. The van der Waals surface area contributed by atoms with Crippen LogP contribution in [0.3, 0.4) is 0 Å². The van der Waals surface area contributed by atoms with E-state index in [-0.39, 0.29) is 0 Å². The lowest BCUT2D eigenvalue weighted by molar-refractivity contribution is 0.449. The van der Waals surface area contributed by atoms with Crippen LogP contribution in [0.1, 0.15) is 36.5 Å². The lowest BCUT2D eigenvalue weighted by Crippen LogP contribution is -2.25. The summed E-state index contributed by atoms with van der Waals surface area (Å²) < 4.78 is 12.7. The third-order valence-corrected chi connectivity index (χ3v) is 5.03. The van der Waals surface area contributed by atoms with Gasteiger partial charge in [0.25, 0.3) is 0 Å². The zero-order valence-corrected chi connectivity index (χ0v) is 12.8. The van der Waals surface area contributed by atoms with Crippen LogP contribution in [0.2, 0.25) is 0 Å². The van der Waals surface area contributed by atoms with Crippen molar-refractivity contribution < 1.29 is 4.57 Å². The molecule has 0 radical (unpaired) electrons. The molecule has 0 aliphatic carbocycles. The Kier molecular flexibility index (Phi) is 3.42. The Labute approximate surface area is 110 Å². The van der Waals surface area contributed by atoms with Crippen LogP contribution in [0.4, 0.5) is 0 Å². The zero-order valence-electron chi connectivity index (χ0n) is 11.9. The fourth-order valence-corrected chi connectivity index (χ4v) is 4.41. The maximum atomic E-state index is 12.7. The van der Waals surface area contributed by atoms with Gasteiger partial charge in [0.2, 0.25) is 0 Å². The lowest BCUT2D eigenvalue weighted by atomic mass is 9.95. The predicted octanol–water partition coefficient (Wildman–Crippen LogP) is 3.47. The molecule has 18 heavy (non-hydrogen) atoms. The van der Waals surface area contributed by atoms with Crippen molar-refractivity contribution in [3.8, 4) is 0 Å². The second kappa shape index (κ2) is 4.59. The van der Waals surface area contributed by atoms with Crippen LogP contribution < -0.4 is 5.30 Å². The first-order chi connectivity index (χ1) is 8.30. The molecule has 0 saturated heterocycles. The molecule has 3 heteroatoms. The van der Waals surface area contributed by atoms with Crippen molar-refractivity contribution in [2.45, 2.75) is 26.3 Å². The van der Waals surface area contributed by atoms with Gasteiger partial charge in [-0.1, -0.05) is 26.0 Å². The SMILES string of the molecule is CC(C)c1ccc2c(c1P(C)(C)=O)CN(C)C=C2. The van der Waals surface area contributed by atoms with Crippen LogP contribution in [-0.4, -0.2) is 25.3 Å². The van der Waals surface area contributed by atoms with E-state index in [1.165, 1.54) is 16.7 Å². The van der Waals surface area contributed by atoms with Gasteiger partial charge in [0.1, 0.15) is 7.14 Å². The summed E-state index contributed by atoms with van der Waals surface area (Å²) in [6, 6.07) is 4.31. The summed E-state index contributed by atoms with van der Waals surface area (Å²) in [5.74, 6) is 0.412. The van der Waals surface area contributed by atoms with Crippen LogP contribution in [0.15, 0.2) is 18.3 Å². The molecular weight excluding hydrogens is 241 g/mol. The van der Waals surface area contributed by atoms with Gasteiger partial charge in [0.05, 0.1) is 0 Å². The zero-order chi connectivity index (χ0) is 13.5. The summed E-state index contributed by atoms with van der Waals surface area (Å²) in [6.45, 7) is 8.96. The van der Waals surface area contributed by atoms with E-state index in [1.807, 2.05) is 13.3 Å². The van der Waals surface area contributed by atoms with Gasteiger partial charge in [0.15, 0.2) is 0 Å². The molecule has 0 amide bonds. The van der Waals surface area contributed by atoms with Crippen LogP contribution in [-0.2, 0) is 11.1 Å². The highest BCUT2D eigenvalue weighted by Crippen LogP contribution is 2.41. The molecule has 1 aliphatic rings. The molecule has 0 atom stereocenters. The van der Waals surface area contributed by atoms with Gasteiger partial charge >= 0.3 is 0 Å². The van der Waals surface area contributed by atoms with E-state index in [0.29, 0.717) is 5.92 Å². The van der Waals surface area contributed by atoms with E-state index in [4.69, 9.17) is 0 Å². The summed E-state index contributed by atoms with van der Waals surface area (Å²) in [5.41, 5.74) is 3.71. The fourth-order valence-electron chi connectivity index (χ4n) is 2.60. The Balaban J connectivity index is 2.73. The molecule has 0 bridgehead atoms. The van der Waals surface area contributed by atoms with Crippen molar-refractivity contribution in [1.29, 1.82) is 0 Å². The summed E-state index contributed by atoms with van der Waals surface area (Å²) in [5, 5.41) is 1.10. The van der Waals surface area contributed by atoms with E-state index in [1.54, 1.807) is 0 Å². The Hall–Kier alpha value is -1.01. The van der Waals surface area contributed by atoms with Crippen molar-refractivity contribution in [2.24, 2.45) is 0 Å². The number of hydrogen-bond acceptors (Lipinski definition) is 2. The maximum absolute atomic E-state index is 12.7. The fraction of sp³-hybridized carbons (Fsp3) is 0.467. The summed E-state index contributed by atoms with van der Waals surface area (Å²) in [6.07, 6.45) is 4.19. The van der Waals surface area contributed by atoms with Crippen molar-refractivity contribution in [1.82, 2.24) is 4.90 Å². The van der Waals surface area contributed by atoms with Crippen LogP contribution >= 0.6 is 7.14 Å². The van der Waals surface area contributed by atoms with Crippen LogP contribution in [0.25, 0.3) is 6.08 Å². The van der Waals surface area contributed by atoms with Crippen molar-refractivity contribution >= 4 is 18.5 Å². The van der Waals surface area contributed by atoms with Crippen LogP contribution in [0.5, 0.6) is 0 Å². The number of benzene rings is 1. The van der Waals surface area contributed by atoms with Crippen molar-refractivity contribution in [3.05, 3.63) is 35.0 Å². The van der Waals surface area contributed by atoms with Crippen molar-refractivity contribution in [2.75, 3.05) is 20.4 Å². The molecule has 2 nitrogen and oxygen atoms in total. The van der Waals surface area contributed by atoms with Gasteiger partial charge in [-0.3, -0.25) is 0 Å². The minimum atomic E-state index is -2.26. The first kappa shape index (κ1) is 13.4. The van der Waals surface area contributed by atoms with Gasteiger partial charge < -0.3 is 9.46 Å². The largest absolute Gasteiger partial charge is 0.376 e. The van der Waals surface area contributed by atoms with Crippen molar-refractivity contribution in [3.63, 3.8) is 0 Å². The molecule has 98 valence electrons. The summed E-state index contributed by atoms with van der Waals surface area (Å²) in [7, 11) is -0.200. The quantitative estimate of drug-likeness (QED) is 0.761. The highest BCUT2D eigenvalue weighted by atomic mass is 31.2. The Morgan fingerprint density at radius 1 is 1.28 bits per heavy atom. The summed E-state index contributed by atoms with van der Waals surface area (Å²) >= 11 is 0. The highest BCUT2D eigenvalue weighted by Gasteiger charge is 2.25. The molecule has 0 fully saturated rings. The Morgan fingerprint density at radius 2 is 1.94 bits per heavy atom. The topological polar surface area (TPSA) is 20.3 Å². The average Bonchev–Trinajstić information content (AvgIpc) is 2.25. The number of nitrogens with zero attached hydrogens (tertiary/aromatic N) is 1. The molecule has 0 N–H and O–H groups in total. The van der Waals surface area contributed by atoms with Gasteiger partial charge in [-0.15, -0.1) is 0 Å². The van der Waals surface area contributed by atoms with E-state index in [2.05, 4.69) is 50.2 Å². The maximum Gasteiger partial charge on any atom is 0.110 e. The first-order valence-corrected chi connectivity index (χ1v) is 9.00. The predicted molar refractivity (Wildman–Crippen MR) is 80.1 cm³/mol. The molecule has 0 unspecified atom stereocenters. The number of hydrogen-bond donors (Lipinski definition) is 0. The lowest BCUT2D eigenvalue weighted by Gasteiger charge is -2.28. The minimum absolute atomic E-state index is 0.412. The highest BCUT2D eigenvalue weighted by molar-refractivity contribution is 7.70. The minimum Gasteiger partial charge on any atom is -0.376 e.